The van der Waals surface area contributed by atoms with E-state index in [9.17, 15) is 4.79 Å². The molecule has 2 aromatic heterocycles. The highest BCUT2D eigenvalue weighted by atomic mass is 16.5. The third-order valence-corrected chi connectivity index (χ3v) is 5.91. The summed E-state index contributed by atoms with van der Waals surface area (Å²) in [7, 11) is 3.31. The smallest absolute Gasteiger partial charge is 0.292 e. The Hall–Kier alpha value is -2.53. The topological polar surface area (TPSA) is 59.0 Å². The molecule has 5 nitrogen and oxygen atoms in total. The van der Waals surface area contributed by atoms with Crippen molar-refractivity contribution in [3.63, 3.8) is 0 Å². The van der Waals surface area contributed by atoms with Crippen LogP contribution in [0.5, 0.6) is 5.75 Å². The summed E-state index contributed by atoms with van der Waals surface area (Å²) in [4.78, 5) is 15.8. The highest BCUT2D eigenvalue weighted by Crippen LogP contribution is 2.38. The van der Waals surface area contributed by atoms with Gasteiger partial charge in [0.2, 0.25) is 0 Å². The van der Waals surface area contributed by atoms with Gasteiger partial charge in [0.15, 0.2) is 5.75 Å². The van der Waals surface area contributed by atoms with Gasteiger partial charge in [-0.2, -0.15) is 0 Å². The Morgan fingerprint density at radius 1 is 1.18 bits per heavy atom. The van der Waals surface area contributed by atoms with Gasteiger partial charge in [-0.3, -0.25) is 4.79 Å². The van der Waals surface area contributed by atoms with E-state index >= 15 is 0 Å². The number of aryl methyl sites for hydroxylation is 1. The fourth-order valence-corrected chi connectivity index (χ4v) is 4.43. The number of piperidine rings is 1. The Kier molecular flexibility index (Phi) is 5.02. The van der Waals surface area contributed by atoms with E-state index in [1.807, 2.05) is 12.3 Å². The fourth-order valence-electron chi connectivity index (χ4n) is 4.43. The van der Waals surface area contributed by atoms with Crippen molar-refractivity contribution in [1.82, 2.24) is 14.9 Å². The lowest BCUT2D eigenvalue weighted by molar-refractivity contribution is 0.405. The molecule has 0 bridgehead atoms. The molecule has 0 unspecified atom stereocenters. The van der Waals surface area contributed by atoms with Gasteiger partial charge in [-0.1, -0.05) is 19.9 Å². The van der Waals surface area contributed by atoms with Crippen molar-refractivity contribution in [3.8, 4) is 17.0 Å². The average Bonchev–Trinajstić information content (AvgIpc) is 3.09. The van der Waals surface area contributed by atoms with Gasteiger partial charge in [0.25, 0.3) is 5.56 Å². The summed E-state index contributed by atoms with van der Waals surface area (Å²) in [6.07, 6.45) is 4.27. The van der Waals surface area contributed by atoms with Gasteiger partial charge >= 0.3 is 0 Å². The van der Waals surface area contributed by atoms with Crippen molar-refractivity contribution in [1.29, 1.82) is 0 Å². The van der Waals surface area contributed by atoms with Gasteiger partial charge in [-0.15, -0.1) is 0 Å². The number of fused-ring (bicyclic) bond motifs is 1. The van der Waals surface area contributed by atoms with Gasteiger partial charge in [0.1, 0.15) is 0 Å². The molecular weight excluding hydrogens is 350 g/mol. The lowest BCUT2D eigenvalue weighted by Gasteiger charge is -2.23. The molecule has 1 aliphatic heterocycles. The number of aromatic nitrogens is 2. The van der Waals surface area contributed by atoms with Crippen molar-refractivity contribution in [2.45, 2.75) is 38.5 Å². The predicted molar refractivity (Wildman–Crippen MR) is 114 cm³/mol. The number of rotatable bonds is 4. The normalized spacial score (nSPS) is 15.5. The maximum atomic E-state index is 12.2. The van der Waals surface area contributed by atoms with Crippen molar-refractivity contribution in [2.24, 2.45) is 7.05 Å². The summed E-state index contributed by atoms with van der Waals surface area (Å²) in [5.41, 5.74) is 5.79. The van der Waals surface area contributed by atoms with Crippen molar-refractivity contribution >= 4 is 10.9 Å². The van der Waals surface area contributed by atoms with E-state index < -0.39 is 0 Å². The molecule has 3 heterocycles. The van der Waals surface area contributed by atoms with Gasteiger partial charge < -0.3 is 19.6 Å². The molecule has 5 heteroatoms. The van der Waals surface area contributed by atoms with Crippen LogP contribution in [-0.4, -0.2) is 29.8 Å². The second kappa shape index (κ2) is 7.47. The zero-order valence-corrected chi connectivity index (χ0v) is 17.1. The Labute approximate surface area is 165 Å². The highest BCUT2D eigenvalue weighted by molar-refractivity contribution is 5.92. The van der Waals surface area contributed by atoms with E-state index in [0.29, 0.717) is 17.6 Å². The third-order valence-electron chi connectivity index (χ3n) is 5.91. The van der Waals surface area contributed by atoms with Crippen LogP contribution in [-0.2, 0) is 7.05 Å². The quantitative estimate of drug-likeness (QED) is 0.716. The van der Waals surface area contributed by atoms with Crippen LogP contribution in [0.4, 0.5) is 0 Å². The first kappa shape index (κ1) is 18.8. The van der Waals surface area contributed by atoms with Crippen molar-refractivity contribution < 1.29 is 4.74 Å². The molecule has 0 radical (unpaired) electrons. The monoisotopic (exact) mass is 379 g/mol. The van der Waals surface area contributed by atoms with Crippen molar-refractivity contribution in [3.05, 3.63) is 51.9 Å². The number of hydrogen-bond acceptors (Lipinski definition) is 3. The number of pyridine rings is 1. The molecule has 148 valence electrons. The molecule has 3 aromatic rings. The Balaban J connectivity index is 1.88. The second-order valence-electron chi connectivity index (χ2n) is 8.11. The van der Waals surface area contributed by atoms with Crippen LogP contribution in [0.2, 0.25) is 0 Å². The number of hydrogen-bond donors (Lipinski definition) is 2. The molecule has 0 saturated carbocycles. The predicted octanol–water partition coefficient (Wildman–Crippen LogP) is 4.13. The Morgan fingerprint density at radius 2 is 1.93 bits per heavy atom. The van der Waals surface area contributed by atoms with E-state index in [2.05, 4.69) is 42.3 Å². The van der Waals surface area contributed by atoms with Crippen LogP contribution in [0.1, 0.15) is 49.7 Å². The minimum Gasteiger partial charge on any atom is -0.491 e. The van der Waals surface area contributed by atoms with Crippen LogP contribution < -0.4 is 15.6 Å². The second-order valence-corrected chi connectivity index (χ2v) is 8.11. The molecule has 0 spiro atoms. The standard InChI is InChI=1S/C23H29N3O2/c1-14(2)21-18-11-16(15-7-9-24-10-8-15)5-6-19(18)25-22(21)17-12-20(28-4)23(27)26(3)13-17/h5-6,11-15,24-25H,7-10H2,1-4H3. The van der Waals surface area contributed by atoms with E-state index in [1.165, 1.54) is 29.4 Å². The molecule has 0 amide bonds. The number of methoxy groups -OCH3 is 1. The lowest BCUT2D eigenvalue weighted by Crippen LogP contribution is -2.26. The summed E-state index contributed by atoms with van der Waals surface area (Å²) >= 11 is 0. The first-order valence-corrected chi connectivity index (χ1v) is 10.1. The minimum atomic E-state index is -0.123. The molecule has 1 aromatic carbocycles. The van der Waals surface area contributed by atoms with Crippen LogP contribution in [0.3, 0.4) is 0 Å². The SMILES string of the molecule is COc1cc(-c2[nH]c3ccc(C4CCNCC4)cc3c2C(C)C)cn(C)c1=O. The van der Waals surface area contributed by atoms with Gasteiger partial charge in [-0.05, 0) is 67.1 Å². The number of H-pyrrole nitrogens is 1. The highest BCUT2D eigenvalue weighted by Gasteiger charge is 2.21. The Morgan fingerprint density at radius 3 is 2.61 bits per heavy atom. The number of aromatic amines is 1. The van der Waals surface area contributed by atoms with Crippen LogP contribution >= 0.6 is 0 Å². The van der Waals surface area contributed by atoms with E-state index in [1.54, 1.807) is 18.7 Å². The number of nitrogens with zero attached hydrogens (tertiary/aromatic N) is 1. The van der Waals surface area contributed by atoms with Crippen LogP contribution in [0.15, 0.2) is 35.3 Å². The van der Waals surface area contributed by atoms with E-state index in [4.69, 9.17) is 4.74 Å². The molecule has 4 rings (SSSR count). The maximum absolute atomic E-state index is 12.2. The molecule has 2 N–H and O–H groups in total. The summed E-state index contributed by atoms with van der Waals surface area (Å²) < 4.78 is 6.90. The van der Waals surface area contributed by atoms with Gasteiger partial charge in [-0.25, -0.2) is 0 Å². The third kappa shape index (κ3) is 3.24. The first-order chi connectivity index (χ1) is 13.5. The lowest BCUT2D eigenvalue weighted by atomic mass is 9.88. The molecule has 0 aliphatic carbocycles. The Bertz CT molecular complexity index is 1060. The first-order valence-electron chi connectivity index (χ1n) is 10.1. The van der Waals surface area contributed by atoms with Crippen molar-refractivity contribution in [2.75, 3.05) is 20.2 Å². The molecular formula is C23H29N3O2. The minimum absolute atomic E-state index is 0.123. The number of benzene rings is 1. The molecule has 1 saturated heterocycles. The van der Waals surface area contributed by atoms with Crippen LogP contribution in [0, 0.1) is 0 Å². The fraction of sp³-hybridized carbons (Fsp3) is 0.435. The molecule has 28 heavy (non-hydrogen) atoms. The maximum Gasteiger partial charge on any atom is 0.292 e. The largest absolute Gasteiger partial charge is 0.491 e. The summed E-state index contributed by atoms with van der Waals surface area (Å²) in [5, 5.41) is 4.74. The van der Waals surface area contributed by atoms with Gasteiger partial charge in [0.05, 0.1) is 12.8 Å². The van der Waals surface area contributed by atoms with E-state index in [0.717, 1.165) is 29.9 Å². The summed E-state index contributed by atoms with van der Waals surface area (Å²) in [6.45, 7) is 6.64. The zero-order valence-electron chi connectivity index (χ0n) is 17.1. The number of nitrogens with one attached hydrogen (secondary N) is 2. The average molecular weight is 380 g/mol. The summed E-state index contributed by atoms with van der Waals surface area (Å²) in [5.74, 6) is 1.35. The summed E-state index contributed by atoms with van der Waals surface area (Å²) in [6, 6.07) is 8.69. The van der Waals surface area contributed by atoms with E-state index in [-0.39, 0.29) is 5.56 Å². The zero-order chi connectivity index (χ0) is 19.8. The van der Waals surface area contributed by atoms with Crippen LogP contribution in [0.25, 0.3) is 22.2 Å². The molecule has 1 fully saturated rings. The molecule has 1 aliphatic rings. The van der Waals surface area contributed by atoms with Gasteiger partial charge in [0, 0.05) is 29.7 Å². The molecule has 0 atom stereocenters. The number of ether oxygens (including phenoxy) is 1.